The van der Waals surface area contributed by atoms with Crippen LogP contribution in [0.1, 0.15) is 67.2 Å². The van der Waals surface area contributed by atoms with Gasteiger partial charge in [0.2, 0.25) is 0 Å². The zero-order valence-electron chi connectivity index (χ0n) is 10.9. The summed E-state index contributed by atoms with van der Waals surface area (Å²) in [6.07, 6.45) is 5.57. The molecule has 0 radical (unpaired) electrons. The lowest BCUT2D eigenvalue weighted by atomic mass is 9.89. The molecule has 1 nitrogen and oxygen atoms in total. The average molecular weight is 200 g/mol. The van der Waals surface area contributed by atoms with Gasteiger partial charge >= 0.3 is 0 Å². The van der Waals surface area contributed by atoms with Crippen molar-refractivity contribution in [3.63, 3.8) is 0 Å². The first kappa shape index (κ1) is 14.0. The third kappa shape index (κ3) is 7.37. The van der Waals surface area contributed by atoms with Gasteiger partial charge in [-0.1, -0.05) is 41.0 Å². The van der Waals surface area contributed by atoms with Crippen LogP contribution in [0.25, 0.3) is 0 Å². The van der Waals surface area contributed by atoms with Crippen LogP contribution in [0, 0.1) is 5.41 Å². The normalized spacial score (nSPS) is 16.7. The fourth-order valence-corrected chi connectivity index (χ4v) is 1.93. The molecule has 0 N–H and O–H groups in total. The fraction of sp³-hybridized carbons (Fsp3) is 1.00. The minimum Gasteiger partial charge on any atom is -0.375 e. The molecule has 0 heterocycles. The number of rotatable bonds is 6. The Kier molecular flexibility index (Phi) is 6.43. The molecule has 1 heteroatoms. The quantitative estimate of drug-likeness (QED) is 0.617. The van der Waals surface area contributed by atoms with Gasteiger partial charge in [0.25, 0.3) is 0 Å². The van der Waals surface area contributed by atoms with Crippen LogP contribution >= 0.6 is 0 Å². The first-order valence-corrected chi connectivity index (χ1v) is 6.04. The van der Waals surface area contributed by atoms with Crippen molar-refractivity contribution in [3.05, 3.63) is 0 Å². The summed E-state index contributed by atoms with van der Waals surface area (Å²) in [6, 6.07) is 0. The maximum absolute atomic E-state index is 6.02. The molecule has 0 saturated heterocycles. The van der Waals surface area contributed by atoms with E-state index in [9.17, 15) is 0 Å². The molecular weight excluding hydrogens is 172 g/mol. The van der Waals surface area contributed by atoms with Crippen LogP contribution in [-0.4, -0.2) is 12.2 Å². The van der Waals surface area contributed by atoms with Crippen molar-refractivity contribution in [2.45, 2.75) is 79.4 Å². The maximum atomic E-state index is 6.02. The lowest BCUT2D eigenvalue weighted by Gasteiger charge is -2.27. The van der Waals surface area contributed by atoms with Crippen LogP contribution in [0.4, 0.5) is 0 Å². The first-order chi connectivity index (χ1) is 6.39. The van der Waals surface area contributed by atoms with E-state index in [0.717, 1.165) is 12.8 Å². The summed E-state index contributed by atoms with van der Waals surface area (Å²) in [5.41, 5.74) is 0.379. The lowest BCUT2D eigenvalue weighted by molar-refractivity contribution is -0.0262. The molecule has 0 aromatic rings. The lowest BCUT2D eigenvalue weighted by Crippen LogP contribution is -2.23. The largest absolute Gasteiger partial charge is 0.375 e. The van der Waals surface area contributed by atoms with Crippen molar-refractivity contribution in [2.24, 2.45) is 5.41 Å². The second kappa shape index (κ2) is 6.44. The molecule has 0 aliphatic rings. The summed E-state index contributed by atoms with van der Waals surface area (Å²) < 4.78 is 6.02. The highest BCUT2D eigenvalue weighted by molar-refractivity contribution is 4.67. The molecular formula is C13H28O. The van der Waals surface area contributed by atoms with Crippen LogP contribution in [-0.2, 0) is 4.74 Å². The van der Waals surface area contributed by atoms with E-state index in [1.54, 1.807) is 0 Å². The molecule has 0 saturated carbocycles. The zero-order valence-corrected chi connectivity index (χ0v) is 10.9. The van der Waals surface area contributed by atoms with E-state index < -0.39 is 0 Å². The van der Waals surface area contributed by atoms with Crippen LogP contribution in [0.3, 0.4) is 0 Å². The molecule has 0 aromatic heterocycles. The highest BCUT2D eigenvalue weighted by atomic mass is 16.5. The highest BCUT2D eigenvalue weighted by Crippen LogP contribution is 2.23. The Hall–Kier alpha value is -0.0400. The average Bonchev–Trinajstić information content (AvgIpc) is 2.00. The second-order valence-electron chi connectivity index (χ2n) is 5.53. The van der Waals surface area contributed by atoms with E-state index in [-0.39, 0.29) is 0 Å². The minimum absolute atomic E-state index is 0.379. The number of ether oxygens (including phenoxy) is 1. The van der Waals surface area contributed by atoms with Crippen molar-refractivity contribution >= 4 is 0 Å². The van der Waals surface area contributed by atoms with Gasteiger partial charge in [-0.2, -0.15) is 0 Å². The number of hydrogen-bond acceptors (Lipinski definition) is 1. The summed E-state index contributed by atoms with van der Waals surface area (Å²) in [5, 5.41) is 0. The molecule has 0 spiro atoms. The van der Waals surface area contributed by atoms with Gasteiger partial charge in [0.1, 0.15) is 0 Å². The molecule has 86 valence electrons. The maximum Gasteiger partial charge on any atom is 0.0576 e. The number of hydrogen-bond donors (Lipinski definition) is 0. The van der Waals surface area contributed by atoms with Gasteiger partial charge in [0.05, 0.1) is 12.2 Å². The summed E-state index contributed by atoms with van der Waals surface area (Å²) in [7, 11) is 0. The van der Waals surface area contributed by atoms with E-state index in [2.05, 4.69) is 41.5 Å². The van der Waals surface area contributed by atoms with Gasteiger partial charge in [-0.15, -0.1) is 0 Å². The molecule has 0 bridgehead atoms. The Labute approximate surface area is 90.2 Å². The molecule has 0 aliphatic carbocycles. The third-order valence-electron chi connectivity index (χ3n) is 2.39. The summed E-state index contributed by atoms with van der Waals surface area (Å²) >= 11 is 0. The van der Waals surface area contributed by atoms with Gasteiger partial charge < -0.3 is 4.74 Å². The smallest absolute Gasteiger partial charge is 0.0576 e. The van der Waals surface area contributed by atoms with Crippen molar-refractivity contribution < 1.29 is 4.74 Å². The van der Waals surface area contributed by atoms with Crippen molar-refractivity contribution in [1.29, 1.82) is 0 Å². The Morgan fingerprint density at radius 2 is 1.71 bits per heavy atom. The molecule has 14 heavy (non-hydrogen) atoms. The third-order valence-corrected chi connectivity index (χ3v) is 2.39. The zero-order chi connectivity index (χ0) is 11.2. The molecule has 0 fully saturated rings. The Morgan fingerprint density at radius 1 is 1.14 bits per heavy atom. The Balaban J connectivity index is 3.84. The Morgan fingerprint density at radius 3 is 2.07 bits per heavy atom. The first-order valence-electron chi connectivity index (χ1n) is 6.04. The van der Waals surface area contributed by atoms with Gasteiger partial charge in [0, 0.05) is 0 Å². The standard InChI is InChI=1S/C13H28O/c1-7-9-12(8-2)14-11(3)10-13(4,5)6/h11-12H,7-10H2,1-6H3. The molecule has 0 aliphatic heterocycles. The predicted octanol–water partition coefficient (Wildman–Crippen LogP) is 4.41. The van der Waals surface area contributed by atoms with Crippen LogP contribution in [0.15, 0.2) is 0 Å². The van der Waals surface area contributed by atoms with Crippen molar-refractivity contribution in [1.82, 2.24) is 0 Å². The summed E-state index contributed by atoms with van der Waals surface area (Å²) in [5.74, 6) is 0. The molecule has 0 rings (SSSR count). The molecule has 2 unspecified atom stereocenters. The van der Waals surface area contributed by atoms with E-state index in [1.807, 2.05) is 0 Å². The molecule has 2 atom stereocenters. The van der Waals surface area contributed by atoms with E-state index >= 15 is 0 Å². The van der Waals surface area contributed by atoms with Gasteiger partial charge in [-0.05, 0) is 31.6 Å². The summed E-state index contributed by atoms with van der Waals surface area (Å²) in [4.78, 5) is 0. The predicted molar refractivity (Wildman–Crippen MR) is 63.6 cm³/mol. The molecule has 0 aromatic carbocycles. The fourth-order valence-electron chi connectivity index (χ4n) is 1.93. The van der Waals surface area contributed by atoms with E-state index in [1.165, 1.54) is 12.8 Å². The van der Waals surface area contributed by atoms with Crippen LogP contribution in [0.5, 0.6) is 0 Å². The van der Waals surface area contributed by atoms with E-state index in [4.69, 9.17) is 4.74 Å². The topological polar surface area (TPSA) is 9.23 Å². The van der Waals surface area contributed by atoms with Crippen LogP contribution < -0.4 is 0 Å². The highest BCUT2D eigenvalue weighted by Gasteiger charge is 2.18. The monoisotopic (exact) mass is 200 g/mol. The summed E-state index contributed by atoms with van der Waals surface area (Å²) in [6.45, 7) is 13.4. The van der Waals surface area contributed by atoms with E-state index in [0.29, 0.717) is 17.6 Å². The van der Waals surface area contributed by atoms with Gasteiger partial charge in [-0.3, -0.25) is 0 Å². The SMILES string of the molecule is CCCC(CC)OC(C)CC(C)(C)C. The second-order valence-corrected chi connectivity index (χ2v) is 5.53. The Bertz CT molecular complexity index is 135. The molecule has 0 amide bonds. The van der Waals surface area contributed by atoms with Gasteiger partial charge in [0.15, 0.2) is 0 Å². The van der Waals surface area contributed by atoms with Crippen molar-refractivity contribution in [2.75, 3.05) is 0 Å². The minimum atomic E-state index is 0.379. The van der Waals surface area contributed by atoms with Crippen LogP contribution in [0.2, 0.25) is 0 Å². The van der Waals surface area contributed by atoms with Crippen molar-refractivity contribution in [3.8, 4) is 0 Å². The van der Waals surface area contributed by atoms with Gasteiger partial charge in [-0.25, -0.2) is 0 Å².